The fourth-order valence-corrected chi connectivity index (χ4v) is 3.61. The van der Waals surface area contributed by atoms with Crippen molar-refractivity contribution in [1.82, 2.24) is 25.2 Å². The summed E-state index contributed by atoms with van der Waals surface area (Å²) < 4.78 is 1.76. The molecule has 1 amide bonds. The second kappa shape index (κ2) is 7.51. The van der Waals surface area contributed by atoms with Crippen molar-refractivity contribution >= 4 is 45.9 Å². The summed E-state index contributed by atoms with van der Waals surface area (Å²) in [6.07, 6.45) is 5.53. The first-order valence-corrected chi connectivity index (χ1v) is 9.39. The molecule has 4 N–H and O–H groups in total. The van der Waals surface area contributed by atoms with Gasteiger partial charge in [0.25, 0.3) is 0 Å². The predicted molar refractivity (Wildman–Crippen MR) is 109 cm³/mol. The maximum atomic E-state index is 12.7. The lowest BCUT2D eigenvalue weighted by Gasteiger charge is -2.32. The van der Waals surface area contributed by atoms with Crippen LogP contribution < -0.4 is 21.5 Å². The molecule has 2 aromatic heterocycles. The Morgan fingerprint density at radius 3 is 3.00 bits per heavy atom. The van der Waals surface area contributed by atoms with Gasteiger partial charge in [0.05, 0.1) is 23.3 Å². The van der Waals surface area contributed by atoms with E-state index in [0.29, 0.717) is 28.3 Å². The number of fused-ring (bicyclic) bond motifs is 1. The summed E-state index contributed by atoms with van der Waals surface area (Å²) in [5, 5.41) is 5.44. The quantitative estimate of drug-likeness (QED) is 0.573. The number of anilines is 3. The van der Waals surface area contributed by atoms with Gasteiger partial charge < -0.3 is 10.6 Å². The number of amides is 1. The zero-order chi connectivity index (χ0) is 19.7. The molecule has 1 fully saturated rings. The van der Waals surface area contributed by atoms with Crippen molar-refractivity contribution in [2.75, 3.05) is 29.1 Å². The molecule has 0 radical (unpaired) electrons. The molecule has 1 aliphatic heterocycles. The van der Waals surface area contributed by atoms with Crippen molar-refractivity contribution < 1.29 is 4.79 Å². The van der Waals surface area contributed by atoms with Crippen molar-refractivity contribution in [1.29, 1.82) is 0 Å². The Balaban J connectivity index is 1.46. The molecule has 3 heterocycles. The number of piperidine rings is 1. The number of nitrogens with one attached hydrogen (secondary N) is 2. The molecule has 146 valence electrons. The lowest BCUT2D eigenvalue weighted by molar-refractivity contribution is -0.124. The summed E-state index contributed by atoms with van der Waals surface area (Å²) in [6.45, 7) is 1.55. The SMILES string of the molecule is Cn1cc(N2CCC[C@@H](C(=O)NNc3nc(N)nc4ccc(Cl)cc34)C2)cn1. The Morgan fingerprint density at radius 1 is 1.36 bits per heavy atom. The number of hydrazine groups is 1. The minimum absolute atomic E-state index is 0.0963. The monoisotopic (exact) mass is 400 g/mol. The highest BCUT2D eigenvalue weighted by atomic mass is 35.5. The van der Waals surface area contributed by atoms with Gasteiger partial charge in [-0.25, -0.2) is 4.98 Å². The summed E-state index contributed by atoms with van der Waals surface area (Å²) in [5.74, 6) is 0.293. The van der Waals surface area contributed by atoms with Gasteiger partial charge in [-0.3, -0.25) is 20.3 Å². The van der Waals surface area contributed by atoms with Crippen LogP contribution in [0.2, 0.25) is 5.02 Å². The van der Waals surface area contributed by atoms with Crippen molar-refractivity contribution in [2.45, 2.75) is 12.8 Å². The molecule has 4 rings (SSSR count). The maximum Gasteiger partial charge on any atom is 0.243 e. The van der Waals surface area contributed by atoms with Crippen LogP contribution in [0.1, 0.15) is 12.8 Å². The normalized spacial score (nSPS) is 16.9. The van der Waals surface area contributed by atoms with E-state index < -0.39 is 0 Å². The number of rotatable bonds is 4. The van der Waals surface area contributed by atoms with Crippen LogP contribution >= 0.6 is 11.6 Å². The number of carbonyl (C=O) groups is 1. The molecule has 1 atom stereocenters. The fraction of sp³-hybridized carbons (Fsp3) is 0.333. The van der Waals surface area contributed by atoms with Crippen LogP contribution in [0, 0.1) is 5.92 Å². The summed E-state index contributed by atoms with van der Waals surface area (Å²) in [6, 6.07) is 5.22. The van der Waals surface area contributed by atoms with E-state index in [0.717, 1.165) is 25.1 Å². The zero-order valence-corrected chi connectivity index (χ0v) is 16.1. The molecule has 0 unspecified atom stereocenters. The van der Waals surface area contributed by atoms with Gasteiger partial charge in [-0.05, 0) is 31.0 Å². The first-order valence-electron chi connectivity index (χ1n) is 9.02. The van der Waals surface area contributed by atoms with Gasteiger partial charge in [0, 0.05) is 36.7 Å². The molecule has 3 aromatic rings. The van der Waals surface area contributed by atoms with E-state index in [2.05, 4.69) is 30.8 Å². The molecular formula is C18H21ClN8O. The number of aryl methyl sites for hydroxylation is 1. The smallest absolute Gasteiger partial charge is 0.243 e. The molecule has 10 heteroatoms. The Hall–Kier alpha value is -3.07. The van der Waals surface area contributed by atoms with E-state index >= 15 is 0 Å². The number of halogens is 1. The molecule has 0 spiro atoms. The number of benzene rings is 1. The van der Waals surface area contributed by atoms with Crippen LogP contribution in [-0.4, -0.2) is 38.7 Å². The van der Waals surface area contributed by atoms with E-state index in [1.807, 2.05) is 19.4 Å². The van der Waals surface area contributed by atoms with Gasteiger partial charge in [-0.15, -0.1) is 0 Å². The summed E-state index contributed by atoms with van der Waals surface area (Å²) in [7, 11) is 1.88. The molecule has 28 heavy (non-hydrogen) atoms. The Labute approximate surface area is 166 Å². The topological polar surface area (TPSA) is 114 Å². The van der Waals surface area contributed by atoms with E-state index in [9.17, 15) is 4.79 Å². The van der Waals surface area contributed by atoms with E-state index in [-0.39, 0.29) is 17.8 Å². The lowest BCUT2D eigenvalue weighted by atomic mass is 9.97. The van der Waals surface area contributed by atoms with Gasteiger partial charge in [-0.1, -0.05) is 11.6 Å². The molecule has 1 aromatic carbocycles. The Kier molecular flexibility index (Phi) is 4.91. The molecule has 1 aliphatic rings. The third-order valence-corrected chi connectivity index (χ3v) is 5.06. The fourth-order valence-electron chi connectivity index (χ4n) is 3.43. The van der Waals surface area contributed by atoms with Gasteiger partial charge in [-0.2, -0.15) is 10.1 Å². The third-order valence-electron chi connectivity index (χ3n) is 4.83. The number of aromatic nitrogens is 4. The summed E-state index contributed by atoms with van der Waals surface area (Å²) in [5.41, 5.74) is 13.1. The number of nitrogens with two attached hydrogens (primary N) is 1. The summed E-state index contributed by atoms with van der Waals surface area (Å²) >= 11 is 6.08. The second-order valence-electron chi connectivity index (χ2n) is 6.86. The average molecular weight is 401 g/mol. The van der Waals surface area contributed by atoms with Gasteiger partial charge in [0.2, 0.25) is 11.9 Å². The van der Waals surface area contributed by atoms with Gasteiger partial charge in [0.1, 0.15) is 0 Å². The highest BCUT2D eigenvalue weighted by molar-refractivity contribution is 6.31. The van der Waals surface area contributed by atoms with E-state index in [1.165, 1.54) is 0 Å². The number of nitrogens with zero attached hydrogens (tertiary/aromatic N) is 5. The first kappa shape index (κ1) is 18.3. The van der Waals surface area contributed by atoms with E-state index in [4.69, 9.17) is 17.3 Å². The first-order chi connectivity index (χ1) is 13.5. The Morgan fingerprint density at radius 2 is 2.21 bits per heavy atom. The molecule has 0 aliphatic carbocycles. The highest BCUT2D eigenvalue weighted by Gasteiger charge is 2.26. The second-order valence-corrected chi connectivity index (χ2v) is 7.30. The number of hydrogen-bond acceptors (Lipinski definition) is 7. The van der Waals surface area contributed by atoms with Gasteiger partial charge >= 0.3 is 0 Å². The average Bonchev–Trinajstić information content (AvgIpc) is 3.13. The molecule has 0 saturated carbocycles. The predicted octanol–water partition coefficient (Wildman–Crippen LogP) is 1.96. The third kappa shape index (κ3) is 3.79. The van der Waals surface area contributed by atoms with Crippen LogP contribution in [-0.2, 0) is 11.8 Å². The summed E-state index contributed by atoms with van der Waals surface area (Å²) in [4.78, 5) is 23.3. The van der Waals surface area contributed by atoms with Crippen molar-refractivity contribution in [2.24, 2.45) is 13.0 Å². The lowest BCUT2D eigenvalue weighted by Crippen LogP contribution is -2.44. The molecule has 9 nitrogen and oxygen atoms in total. The Bertz CT molecular complexity index is 1020. The highest BCUT2D eigenvalue weighted by Crippen LogP contribution is 2.25. The van der Waals surface area contributed by atoms with Crippen LogP contribution in [0.5, 0.6) is 0 Å². The molecule has 1 saturated heterocycles. The van der Waals surface area contributed by atoms with Crippen LogP contribution in [0.15, 0.2) is 30.6 Å². The van der Waals surface area contributed by atoms with Crippen molar-refractivity contribution in [3.05, 3.63) is 35.6 Å². The minimum atomic E-state index is -0.143. The number of hydrogen-bond donors (Lipinski definition) is 3. The van der Waals surface area contributed by atoms with Crippen LogP contribution in [0.25, 0.3) is 10.9 Å². The zero-order valence-electron chi connectivity index (χ0n) is 15.4. The van der Waals surface area contributed by atoms with E-state index in [1.54, 1.807) is 22.9 Å². The molecule has 0 bridgehead atoms. The molecular weight excluding hydrogens is 380 g/mol. The maximum absolute atomic E-state index is 12.7. The number of nitrogen functional groups attached to an aromatic ring is 1. The van der Waals surface area contributed by atoms with Crippen molar-refractivity contribution in [3.8, 4) is 0 Å². The minimum Gasteiger partial charge on any atom is -0.368 e. The number of carbonyl (C=O) groups excluding carboxylic acids is 1. The van der Waals surface area contributed by atoms with Crippen LogP contribution in [0.3, 0.4) is 0 Å². The van der Waals surface area contributed by atoms with Crippen molar-refractivity contribution in [3.63, 3.8) is 0 Å². The standard InChI is InChI=1S/C18H21ClN8O/c1-26-10-13(8-21-26)27-6-2-3-11(9-27)17(28)25-24-16-14-7-12(19)4-5-15(14)22-18(20)23-16/h4-5,7-8,10-11H,2-3,6,9H2,1H3,(H,25,28)(H3,20,22,23,24)/t11-/m1/s1. The van der Waals surface area contributed by atoms with Crippen LogP contribution in [0.4, 0.5) is 17.5 Å². The van der Waals surface area contributed by atoms with Gasteiger partial charge in [0.15, 0.2) is 5.82 Å². The largest absolute Gasteiger partial charge is 0.368 e.